The zero-order valence-corrected chi connectivity index (χ0v) is 11.3. The Balaban J connectivity index is 1.96. The maximum Gasteiger partial charge on any atom is 0.265 e. The van der Waals surface area contributed by atoms with Crippen molar-refractivity contribution in [3.8, 4) is 0 Å². The summed E-state index contributed by atoms with van der Waals surface area (Å²) in [5, 5.41) is 2.02. The van der Waals surface area contributed by atoms with Crippen LogP contribution < -0.4 is 10.9 Å². The average molecular weight is 272 g/mol. The summed E-state index contributed by atoms with van der Waals surface area (Å²) in [4.78, 5) is 13.1. The van der Waals surface area contributed by atoms with Crippen molar-refractivity contribution in [3.63, 3.8) is 0 Å². The summed E-state index contributed by atoms with van der Waals surface area (Å²) >= 11 is 1.66. The lowest BCUT2D eigenvalue weighted by Gasteiger charge is -2.16. The number of hydrogen-bond acceptors (Lipinski definition) is 3. The average Bonchev–Trinajstić information content (AvgIpc) is 2.98. The first-order valence-corrected chi connectivity index (χ1v) is 6.94. The molecule has 0 fully saturated rings. The highest BCUT2D eigenvalue weighted by Gasteiger charge is 2.12. The van der Waals surface area contributed by atoms with Crippen LogP contribution in [0.15, 0.2) is 60.5 Å². The van der Waals surface area contributed by atoms with Gasteiger partial charge in [0.15, 0.2) is 0 Å². The van der Waals surface area contributed by atoms with E-state index in [0.29, 0.717) is 5.56 Å². The van der Waals surface area contributed by atoms with Gasteiger partial charge in [0.25, 0.3) is 5.91 Å². The number of carbonyl (C=O) groups is 1. The standard InChI is InChI=1S/C15H16N2OS/c1-2-7-13(14-10-6-11-19-14)16-17-15(18)12-8-4-3-5-9-12/h2-6,8-11,13,16H,1,7H2,(H,17,18). The van der Waals surface area contributed by atoms with E-state index in [4.69, 9.17) is 0 Å². The van der Waals surface area contributed by atoms with Crippen molar-refractivity contribution in [2.45, 2.75) is 12.5 Å². The molecule has 0 saturated heterocycles. The molecule has 1 unspecified atom stereocenters. The molecule has 0 aliphatic carbocycles. The third-order valence-electron chi connectivity index (χ3n) is 2.68. The Bertz CT molecular complexity index is 522. The fourth-order valence-corrected chi connectivity index (χ4v) is 2.51. The Kier molecular flexibility index (Phi) is 4.89. The number of benzene rings is 1. The van der Waals surface area contributed by atoms with Gasteiger partial charge in [0, 0.05) is 10.4 Å². The molecule has 2 N–H and O–H groups in total. The molecule has 1 atom stereocenters. The van der Waals surface area contributed by atoms with Crippen LogP contribution in [-0.4, -0.2) is 5.91 Å². The summed E-state index contributed by atoms with van der Waals surface area (Å²) in [6, 6.07) is 13.2. The van der Waals surface area contributed by atoms with Crippen LogP contribution in [0.5, 0.6) is 0 Å². The first-order valence-electron chi connectivity index (χ1n) is 6.06. The zero-order valence-electron chi connectivity index (χ0n) is 10.5. The van der Waals surface area contributed by atoms with Gasteiger partial charge in [-0.25, -0.2) is 5.43 Å². The van der Waals surface area contributed by atoms with E-state index in [0.717, 1.165) is 6.42 Å². The summed E-state index contributed by atoms with van der Waals surface area (Å²) < 4.78 is 0. The van der Waals surface area contributed by atoms with Gasteiger partial charge in [0.05, 0.1) is 6.04 Å². The van der Waals surface area contributed by atoms with Crippen molar-refractivity contribution >= 4 is 17.2 Å². The first-order chi connectivity index (χ1) is 9.31. The molecule has 19 heavy (non-hydrogen) atoms. The van der Waals surface area contributed by atoms with Gasteiger partial charge in [0.2, 0.25) is 0 Å². The van der Waals surface area contributed by atoms with Crippen molar-refractivity contribution < 1.29 is 4.79 Å². The fraction of sp³-hybridized carbons (Fsp3) is 0.133. The van der Waals surface area contributed by atoms with Crippen LogP contribution >= 0.6 is 11.3 Å². The molecule has 1 heterocycles. The van der Waals surface area contributed by atoms with Crippen LogP contribution in [0.4, 0.5) is 0 Å². The number of carbonyl (C=O) groups excluding carboxylic acids is 1. The Hall–Kier alpha value is -1.91. The molecule has 3 nitrogen and oxygen atoms in total. The van der Waals surface area contributed by atoms with Gasteiger partial charge >= 0.3 is 0 Å². The second kappa shape index (κ2) is 6.87. The number of thiophene rings is 1. The fourth-order valence-electron chi connectivity index (χ4n) is 1.72. The SMILES string of the molecule is C=CCC(NNC(=O)c1ccccc1)c1cccs1. The maximum atomic E-state index is 11.9. The van der Waals surface area contributed by atoms with E-state index in [9.17, 15) is 4.79 Å². The molecule has 2 rings (SSSR count). The highest BCUT2D eigenvalue weighted by atomic mass is 32.1. The zero-order chi connectivity index (χ0) is 13.5. The van der Waals surface area contributed by atoms with E-state index in [1.165, 1.54) is 4.88 Å². The van der Waals surface area contributed by atoms with Gasteiger partial charge in [-0.15, -0.1) is 17.9 Å². The molecule has 0 bridgehead atoms. The minimum Gasteiger partial charge on any atom is -0.287 e. The third-order valence-corrected chi connectivity index (χ3v) is 3.67. The molecule has 0 aliphatic rings. The Morgan fingerprint density at radius 1 is 1.26 bits per heavy atom. The predicted molar refractivity (Wildman–Crippen MR) is 78.9 cm³/mol. The van der Waals surface area contributed by atoms with E-state index in [-0.39, 0.29) is 11.9 Å². The molecule has 4 heteroatoms. The number of nitrogens with one attached hydrogen (secondary N) is 2. The van der Waals surface area contributed by atoms with Crippen molar-refractivity contribution in [3.05, 3.63) is 70.9 Å². The predicted octanol–water partition coefficient (Wildman–Crippen LogP) is 3.30. The molecule has 0 spiro atoms. The summed E-state index contributed by atoms with van der Waals surface area (Å²) in [5.41, 5.74) is 6.44. The molecule has 1 amide bonds. The minimum absolute atomic E-state index is 0.0603. The summed E-state index contributed by atoms with van der Waals surface area (Å²) in [6.07, 6.45) is 2.60. The molecule has 2 aromatic rings. The van der Waals surface area contributed by atoms with E-state index >= 15 is 0 Å². The topological polar surface area (TPSA) is 41.1 Å². The number of rotatable bonds is 6. The third kappa shape index (κ3) is 3.77. The summed E-state index contributed by atoms with van der Waals surface area (Å²) in [7, 11) is 0. The summed E-state index contributed by atoms with van der Waals surface area (Å²) in [5.74, 6) is -0.133. The van der Waals surface area contributed by atoms with Crippen LogP contribution in [0.2, 0.25) is 0 Å². The van der Waals surface area contributed by atoms with Crippen molar-refractivity contribution in [1.82, 2.24) is 10.9 Å². The second-order valence-corrected chi connectivity index (χ2v) is 5.04. The normalized spacial score (nSPS) is 11.8. The molecule has 0 aliphatic heterocycles. The number of amides is 1. The molecular weight excluding hydrogens is 256 g/mol. The molecule has 98 valence electrons. The van der Waals surface area contributed by atoms with Crippen molar-refractivity contribution in [1.29, 1.82) is 0 Å². The Morgan fingerprint density at radius 3 is 2.68 bits per heavy atom. The van der Waals surface area contributed by atoms with Gasteiger partial charge < -0.3 is 0 Å². The van der Waals surface area contributed by atoms with Crippen molar-refractivity contribution in [2.75, 3.05) is 0 Å². The lowest BCUT2D eigenvalue weighted by atomic mass is 10.2. The van der Waals surface area contributed by atoms with Gasteiger partial charge in [0.1, 0.15) is 0 Å². The van der Waals surface area contributed by atoms with Crippen LogP contribution in [0.3, 0.4) is 0 Å². The molecule has 0 radical (unpaired) electrons. The van der Waals surface area contributed by atoms with E-state index in [1.54, 1.807) is 23.5 Å². The minimum atomic E-state index is -0.133. The lowest BCUT2D eigenvalue weighted by molar-refractivity contribution is 0.0925. The largest absolute Gasteiger partial charge is 0.287 e. The van der Waals surface area contributed by atoms with Crippen LogP contribution in [0.25, 0.3) is 0 Å². The van der Waals surface area contributed by atoms with E-state index in [1.807, 2.05) is 41.8 Å². The summed E-state index contributed by atoms with van der Waals surface area (Å²) in [6.45, 7) is 3.75. The van der Waals surface area contributed by atoms with Crippen molar-refractivity contribution in [2.24, 2.45) is 0 Å². The van der Waals surface area contributed by atoms with Gasteiger partial charge in [-0.05, 0) is 30.0 Å². The molecular formula is C15H16N2OS. The van der Waals surface area contributed by atoms with Gasteiger partial charge in [-0.1, -0.05) is 30.3 Å². The first kappa shape index (κ1) is 13.5. The second-order valence-electron chi connectivity index (χ2n) is 4.06. The molecule has 1 aromatic heterocycles. The highest BCUT2D eigenvalue weighted by Crippen LogP contribution is 2.21. The Labute approximate surface area is 116 Å². The van der Waals surface area contributed by atoms with Gasteiger partial charge in [-0.2, -0.15) is 0 Å². The maximum absolute atomic E-state index is 11.9. The molecule has 1 aromatic carbocycles. The molecule has 0 saturated carbocycles. The Morgan fingerprint density at radius 2 is 2.05 bits per heavy atom. The van der Waals surface area contributed by atoms with Crippen LogP contribution in [0, 0.1) is 0 Å². The smallest absolute Gasteiger partial charge is 0.265 e. The number of hydrogen-bond donors (Lipinski definition) is 2. The van der Waals surface area contributed by atoms with Crippen LogP contribution in [0.1, 0.15) is 27.7 Å². The monoisotopic (exact) mass is 272 g/mol. The van der Waals surface area contributed by atoms with E-state index < -0.39 is 0 Å². The lowest BCUT2D eigenvalue weighted by Crippen LogP contribution is -2.39. The highest BCUT2D eigenvalue weighted by molar-refractivity contribution is 7.10. The van der Waals surface area contributed by atoms with Crippen LogP contribution in [-0.2, 0) is 0 Å². The quantitative estimate of drug-likeness (QED) is 0.626. The van der Waals surface area contributed by atoms with E-state index in [2.05, 4.69) is 17.4 Å². The number of hydrazine groups is 1. The van der Waals surface area contributed by atoms with Gasteiger partial charge in [-0.3, -0.25) is 10.2 Å².